The summed E-state index contributed by atoms with van der Waals surface area (Å²) in [5.41, 5.74) is 7.48. The van der Waals surface area contributed by atoms with Crippen molar-refractivity contribution in [2.75, 3.05) is 0 Å². The van der Waals surface area contributed by atoms with E-state index in [2.05, 4.69) is 44.8 Å². The molecule has 1 N–H and O–H groups in total. The Kier molecular flexibility index (Phi) is 2.16. The number of aromatic nitrogens is 1. The third-order valence-electron chi connectivity index (χ3n) is 4.25. The molecular formula is C16H21N. The highest BCUT2D eigenvalue weighted by Crippen LogP contribution is 2.40. The maximum Gasteiger partial charge on any atom is 0.0464 e. The fourth-order valence-corrected chi connectivity index (χ4v) is 3.46. The summed E-state index contributed by atoms with van der Waals surface area (Å²) in [5.74, 6) is 0. The summed E-state index contributed by atoms with van der Waals surface area (Å²) in [7, 11) is 0. The minimum absolute atomic E-state index is 0.312. The molecule has 0 fully saturated rings. The van der Waals surface area contributed by atoms with Crippen molar-refractivity contribution in [3.63, 3.8) is 0 Å². The van der Waals surface area contributed by atoms with Crippen LogP contribution in [0.4, 0.5) is 0 Å². The van der Waals surface area contributed by atoms with Crippen LogP contribution in [0.5, 0.6) is 0 Å². The van der Waals surface area contributed by atoms with Crippen LogP contribution in [0, 0.1) is 13.8 Å². The van der Waals surface area contributed by atoms with Gasteiger partial charge in [-0.1, -0.05) is 19.9 Å². The molecule has 0 spiro atoms. The number of H-pyrrole nitrogens is 1. The molecule has 0 radical (unpaired) electrons. The summed E-state index contributed by atoms with van der Waals surface area (Å²) in [6.45, 7) is 9.15. The van der Waals surface area contributed by atoms with Gasteiger partial charge in [-0.15, -0.1) is 0 Å². The molecule has 1 heteroatoms. The molecule has 3 rings (SSSR count). The van der Waals surface area contributed by atoms with E-state index < -0.39 is 0 Å². The Hall–Kier alpha value is -1.24. The Labute approximate surface area is 103 Å². The van der Waals surface area contributed by atoms with Crippen LogP contribution in [0.15, 0.2) is 12.1 Å². The van der Waals surface area contributed by atoms with Crippen molar-refractivity contribution in [3.05, 3.63) is 34.5 Å². The summed E-state index contributed by atoms with van der Waals surface area (Å²) in [4.78, 5) is 3.69. The molecule has 0 unspecified atom stereocenters. The molecule has 1 aromatic carbocycles. The number of hydrogen-bond donors (Lipinski definition) is 1. The lowest BCUT2D eigenvalue weighted by Gasteiger charge is -2.29. The van der Waals surface area contributed by atoms with Crippen LogP contribution in [0.25, 0.3) is 10.9 Å². The zero-order valence-electron chi connectivity index (χ0n) is 11.3. The van der Waals surface area contributed by atoms with Crippen molar-refractivity contribution in [2.24, 2.45) is 0 Å². The molecule has 1 aliphatic rings. The average molecular weight is 227 g/mol. The Morgan fingerprint density at radius 3 is 2.71 bits per heavy atom. The molecule has 2 aromatic rings. The van der Waals surface area contributed by atoms with Crippen LogP contribution in [0.1, 0.15) is 49.1 Å². The van der Waals surface area contributed by atoms with Crippen LogP contribution in [0.3, 0.4) is 0 Å². The Morgan fingerprint density at radius 2 is 1.94 bits per heavy atom. The van der Waals surface area contributed by atoms with Gasteiger partial charge in [-0.05, 0) is 55.9 Å². The molecule has 1 heterocycles. The number of aryl methyl sites for hydroxylation is 3. The van der Waals surface area contributed by atoms with Gasteiger partial charge in [-0.2, -0.15) is 0 Å². The molecule has 1 aromatic heterocycles. The van der Waals surface area contributed by atoms with Gasteiger partial charge in [0.2, 0.25) is 0 Å². The normalized spacial score (nSPS) is 18.4. The van der Waals surface area contributed by atoms with Crippen molar-refractivity contribution >= 4 is 10.9 Å². The fraction of sp³-hybridized carbons (Fsp3) is 0.500. The second kappa shape index (κ2) is 3.38. The molecule has 0 bridgehead atoms. The minimum atomic E-state index is 0.312. The van der Waals surface area contributed by atoms with E-state index in [1.165, 1.54) is 47.0 Å². The van der Waals surface area contributed by atoms with Crippen molar-refractivity contribution in [1.29, 1.82) is 0 Å². The van der Waals surface area contributed by atoms with Gasteiger partial charge in [0.25, 0.3) is 0 Å². The number of nitrogens with one attached hydrogen (secondary N) is 1. The molecule has 0 saturated carbocycles. The predicted octanol–water partition coefficient (Wildman–Crippen LogP) is 4.40. The zero-order valence-corrected chi connectivity index (χ0v) is 11.3. The van der Waals surface area contributed by atoms with E-state index in [9.17, 15) is 0 Å². The minimum Gasteiger partial charge on any atom is -0.358 e. The van der Waals surface area contributed by atoms with E-state index in [0.29, 0.717) is 5.41 Å². The first kappa shape index (κ1) is 10.9. The van der Waals surface area contributed by atoms with Crippen LogP contribution in [-0.4, -0.2) is 4.98 Å². The monoisotopic (exact) mass is 227 g/mol. The molecule has 17 heavy (non-hydrogen) atoms. The topological polar surface area (TPSA) is 15.8 Å². The number of fused-ring (bicyclic) bond motifs is 3. The number of aromatic amines is 1. The van der Waals surface area contributed by atoms with E-state index in [1.54, 1.807) is 5.56 Å². The maximum atomic E-state index is 3.69. The molecule has 1 aliphatic carbocycles. The summed E-state index contributed by atoms with van der Waals surface area (Å²) in [6, 6.07) is 4.59. The van der Waals surface area contributed by atoms with Gasteiger partial charge in [0, 0.05) is 22.0 Å². The van der Waals surface area contributed by atoms with Crippen molar-refractivity contribution in [2.45, 2.75) is 52.4 Å². The van der Waals surface area contributed by atoms with E-state index in [1.807, 2.05) is 0 Å². The van der Waals surface area contributed by atoms with Crippen molar-refractivity contribution < 1.29 is 0 Å². The first-order valence-corrected chi connectivity index (χ1v) is 6.61. The molecule has 0 atom stereocenters. The average Bonchev–Trinajstić information content (AvgIpc) is 2.57. The third-order valence-corrected chi connectivity index (χ3v) is 4.25. The summed E-state index contributed by atoms with van der Waals surface area (Å²) in [5, 5.41) is 1.48. The molecule has 1 nitrogen and oxygen atoms in total. The van der Waals surface area contributed by atoms with Gasteiger partial charge >= 0.3 is 0 Å². The van der Waals surface area contributed by atoms with Crippen molar-refractivity contribution in [3.8, 4) is 0 Å². The Balaban J connectivity index is 2.38. The lowest BCUT2D eigenvalue weighted by Crippen LogP contribution is -2.23. The Morgan fingerprint density at radius 1 is 1.18 bits per heavy atom. The predicted molar refractivity (Wildman–Crippen MR) is 73.7 cm³/mol. The van der Waals surface area contributed by atoms with Crippen molar-refractivity contribution in [1.82, 2.24) is 4.98 Å². The summed E-state index contributed by atoms with van der Waals surface area (Å²) < 4.78 is 0. The van der Waals surface area contributed by atoms with Gasteiger partial charge < -0.3 is 4.98 Å². The standard InChI is InChI=1S/C16H21N/c1-10-8-11(2)14-12-6-5-7-16(3,4)15(12)17-13(14)9-10/h8-9,17H,5-7H2,1-4H3. The van der Waals surface area contributed by atoms with Gasteiger partial charge in [0.05, 0.1) is 0 Å². The van der Waals surface area contributed by atoms with Gasteiger partial charge in [-0.25, -0.2) is 0 Å². The van der Waals surface area contributed by atoms with Crippen LogP contribution in [-0.2, 0) is 11.8 Å². The third kappa shape index (κ3) is 1.52. The Bertz CT molecular complexity index is 587. The number of hydrogen-bond acceptors (Lipinski definition) is 0. The van der Waals surface area contributed by atoms with Crippen LogP contribution in [0.2, 0.25) is 0 Å². The quantitative estimate of drug-likeness (QED) is 0.686. The van der Waals surface area contributed by atoms with E-state index in [4.69, 9.17) is 0 Å². The highest BCUT2D eigenvalue weighted by molar-refractivity contribution is 5.89. The van der Waals surface area contributed by atoms with E-state index in [0.717, 1.165) is 0 Å². The molecule has 0 amide bonds. The largest absolute Gasteiger partial charge is 0.358 e. The molecule has 90 valence electrons. The number of rotatable bonds is 0. The molecule has 0 saturated heterocycles. The van der Waals surface area contributed by atoms with Gasteiger partial charge in [-0.3, -0.25) is 0 Å². The maximum absolute atomic E-state index is 3.69. The summed E-state index contributed by atoms with van der Waals surface area (Å²) in [6.07, 6.45) is 3.85. The van der Waals surface area contributed by atoms with E-state index in [-0.39, 0.29) is 0 Å². The van der Waals surface area contributed by atoms with Crippen LogP contribution < -0.4 is 0 Å². The number of benzene rings is 1. The summed E-state index contributed by atoms with van der Waals surface area (Å²) >= 11 is 0. The highest BCUT2D eigenvalue weighted by Gasteiger charge is 2.30. The second-order valence-electron chi connectivity index (χ2n) is 6.22. The molecule has 0 aliphatic heterocycles. The smallest absolute Gasteiger partial charge is 0.0464 e. The lowest BCUT2D eigenvalue weighted by atomic mass is 9.76. The lowest BCUT2D eigenvalue weighted by molar-refractivity contribution is 0.423. The van der Waals surface area contributed by atoms with Gasteiger partial charge in [0.15, 0.2) is 0 Å². The second-order valence-corrected chi connectivity index (χ2v) is 6.22. The first-order valence-electron chi connectivity index (χ1n) is 6.61. The SMILES string of the molecule is Cc1cc(C)c2c3c([nH]c2c1)C(C)(C)CCC3. The van der Waals surface area contributed by atoms with Gasteiger partial charge in [0.1, 0.15) is 0 Å². The molecular weight excluding hydrogens is 206 g/mol. The van der Waals surface area contributed by atoms with Crippen LogP contribution >= 0.6 is 0 Å². The zero-order chi connectivity index (χ0) is 12.2. The van der Waals surface area contributed by atoms with E-state index >= 15 is 0 Å². The fourth-order valence-electron chi connectivity index (χ4n) is 3.46. The first-order chi connectivity index (χ1) is 7.99. The highest BCUT2D eigenvalue weighted by atomic mass is 14.8.